The summed E-state index contributed by atoms with van der Waals surface area (Å²) in [7, 11) is 2.14. The number of benzene rings is 1. The number of rotatable bonds is 6. The van der Waals surface area contributed by atoms with Gasteiger partial charge in [0, 0.05) is 38.6 Å². The second-order valence-electron chi connectivity index (χ2n) is 7.40. The summed E-state index contributed by atoms with van der Waals surface area (Å²) in [5.41, 5.74) is 0.304. The van der Waals surface area contributed by atoms with Crippen LogP contribution in [-0.2, 0) is 0 Å². The Balaban J connectivity index is 1.47. The molecule has 0 saturated carbocycles. The Hall–Kier alpha value is -1.50. The van der Waals surface area contributed by atoms with Gasteiger partial charge < -0.3 is 14.5 Å². The van der Waals surface area contributed by atoms with Gasteiger partial charge in [-0.25, -0.2) is 0 Å². The van der Waals surface area contributed by atoms with E-state index in [1.54, 1.807) is 12.1 Å². The van der Waals surface area contributed by atoms with E-state index in [0.717, 1.165) is 50.8 Å². The minimum absolute atomic E-state index is 0.102. The Morgan fingerprint density at radius 3 is 2.54 bits per heavy atom. The van der Waals surface area contributed by atoms with Gasteiger partial charge in [0.2, 0.25) is 0 Å². The van der Waals surface area contributed by atoms with Gasteiger partial charge in [0.25, 0.3) is 0 Å². The molecule has 1 unspecified atom stereocenters. The first-order valence-corrected chi connectivity index (χ1v) is 9.99. The average Bonchev–Trinajstić information content (AvgIpc) is 2.67. The predicted octanol–water partition coefficient (Wildman–Crippen LogP) is 4.89. The summed E-state index contributed by atoms with van der Waals surface area (Å²) in [4.78, 5) is 4.77. The monoisotopic (exact) mass is 414 g/mol. The smallest absolute Gasteiger partial charge is 0.416 e. The van der Waals surface area contributed by atoms with E-state index >= 15 is 0 Å². The molecule has 1 aromatic carbocycles. The van der Waals surface area contributed by atoms with E-state index in [0.29, 0.717) is 23.8 Å². The summed E-state index contributed by atoms with van der Waals surface area (Å²) in [5, 5.41) is 0.496. The van der Waals surface area contributed by atoms with E-state index in [4.69, 9.17) is 16.3 Å². The number of ether oxygens (including phenoxy) is 1. The summed E-state index contributed by atoms with van der Waals surface area (Å²) in [5.74, 6) is 0.519. The second-order valence-corrected chi connectivity index (χ2v) is 7.80. The third-order valence-corrected chi connectivity index (χ3v) is 5.58. The third kappa shape index (κ3) is 5.75. The Morgan fingerprint density at radius 2 is 1.93 bits per heavy atom. The summed E-state index contributed by atoms with van der Waals surface area (Å²) in [6.45, 7) is 5.97. The average molecular weight is 415 g/mol. The highest BCUT2D eigenvalue weighted by Crippen LogP contribution is 2.36. The van der Waals surface area contributed by atoms with Crippen molar-refractivity contribution in [3.8, 4) is 5.75 Å². The molecule has 1 aliphatic carbocycles. The van der Waals surface area contributed by atoms with Crippen molar-refractivity contribution in [3.63, 3.8) is 0 Å². The molecule has 1 aliphatic heterocycles. The van der Waals surface area contributed by atoms with Gasteiger partial charge in [-0.2, -0.15) is 13.2 Å². The Kier molecular flexibility index (Phi) is 7.07. The van der Waals surface area contributed by atoms with Crippen molar-refractivity contribution < 1.29 is 17.9 Å². The molecule has 3 nitrogen and oxygen atoms in total. The van der Waals surface area contributed by atoms with Gasteiger partial charge in [-0.05, 0) is 37.6 Å². The van der Waals surface area contributed by atoms with E-state index in [-0.39, 0.29) is 5.92 Å². The van der Waals surface area contributed by atoms with Crippen molar-refractivity contribution in [1.82, 2.24) is 9.80 Å². The van der Waals surface area contributed by atoms with Crippen LogP contribution >= 0.6 is 11.6 Å². The Labute approximate surface area is 169 Å². The zero-order valence-corrected chi connectivity index (χ0v) is 16.8. The maximum absolute atomic E-state index is 12.7. The molecule has 0 radical (unpaired) electrons. The van der Waals surface area contributed by atoms with Crippen LogP contribution in [-0.4, -0.2) is 62.4 Å². The number of halogens is 4. The molecule has 0 amide bonds. The summed E-state index contributed by atoms with van der Waals surface area (Å²) in [6.07, 6.45) is 0.920. The van der Waals surface area contributed by atoms with Gasteiger partial charge in [0.1, 0.15) is 5.75 Å². The number of likely N-dealkylation sites (N-methyl/N-ethyl adjacent to an activating group) is 1. The Morgan fingerprint density at radius 1 is 1.18 bits per heavy atom. The van der Waals surface area contributed by atoms with Crippen LogP contribution in [0.5, 0.6) is 5.75 Å². The maximum atomic E-state index is 12.7. The topological polar surface area (TPSA) is 15.7 Å². The van der Waals surface area contributed by atoms with E-state index in [1.165, 1.54) is 6.08 Å². The van der Waals surface area contributed by atoms with Crippen molar-refractivity contribution >= 4 is 11.6 Å². The molecule has 1 fully saturated rings. The highest BCUT2D eigenvalue weighted by atomic mass is 35.5. The zero-order chi connectivity index (χ0) is 20.1. The highest BCUT2D eigenvalue weighted by Gasteiger charge is 2.33. The SMILES string of the molecule is CN1CCN(CCCOc2ccc(C3C=CC(C(F)(F)F)=CC3)cc2Cl)CC1. The van der Waals surface area contributed by atoms with E-state index in [9.17, 15) is 13.2 Å². The van der Waals surface area contributed by atoms with Gasteiger partial charge in [-0.1, -0.05) is 35.9 Å². The molecule has 1 saturated heterocycles. The minimum Gasteiger partial charge on any atom is -0.492 e. The fourth-order valence-corrected chi connectivity index (χ4v) is 3.73. The van der Waals surface area contributed by atoms with Gasteiger partial charge >= 0.3 is 6.18 Å². The van der Waals surface area contributed by atoms with Crippen LogP contribution in [0.1, 0.15) is 24.3 Å². The molecule has 0 spiro atoms. The third-order valence-electron chi connectivity index (χ3n) is 5.28. The fraction of sp³-hybridized carbons (Fsp3) is 0.524. The normalized spacial score (nSPS) is 21.6. The highest BCUT2D eigenvalue weighted by molar-refractivity contribution is 6.32. The van der Waals surface area contributed by atoms with Crippen molar-refractivity contribution in [2.24, 2.45) is 0 Å². The van der Waals surface area contributed by atoms with Crippen LogP contribution in [0.25, 0.3) is 0 Å². The lowest BCUT2D eigenvalue weighted by atomic mass is 9.90. The predicted molar refractivity (Wildman–Crippen MR) is 106 cm³/mol. The van der Waals surface area contributed by atoms with Crippen LogP contribution in [0.15, 0.2) is 42.0 Å². The summed E-state index contributed by atoms with van der Waals surface area (Å²) in [6, 6.07) is 5.48. The zero-order valence-electron chi connectivity index (χ0n) is 16.0. The van der Waals surface area contributed by atoms with E-state index in [2.05, 4.69) is 16.8 Å². The fourth-order valence-electron chi connectivity index (χ4n) is 3.48. The van der Waals surface area contributed by atoms with Gasteiger partial charge in [-0.15, -0.1) is 0 Å². The second kappa shape index (κ2) is 9.33. The molecule has 1 aromatic rings. The number of hydrogen-bond donors (Lipinski definition) is 0. The van der Waals surface area contributed by atoms with Gasteiger partial charge in [0.15, 0.2) is 0 Å². The summed E-state index contributed by atoms with van der Waals surface area (Å²) >= 11 is 6.33. The molecule has 0 bridgehead atoms. The first-order chi connectivity index (χ1) is 13.3. The number of allylic oxidation sites excluding steroid dienone is 4. The maximum Gasteiger partial charge on any atom is 0.416 e. The van der Waals surface area contributed by atoms with E-state index in [1.807, 2.05) is 12.1 Å². The molecule has 1 atom stereocenters. The first kappa shape index (κ1) is 21.2. The number of alkyl halides is 3. The minimum atomic E-state index is -4.29. The van der Waals surface area contributed by atoms with Crippen molar-refractivity contribution in [3.05, 3.63) is 52.6 Å². The number of hydrogen-bond acceptors (Lipinski definition) is 3. The van der Waals surface area contributed by atoms with Crippen molar-refractivity contribution in [2.75, 3.05) is 46.4 Å². The molecule has 0 aromatic heterocycles. The Bertz CT molecular complexity index is 725. The number of piperazine rings is 1. The largest absolute Gasteiger partial charge is 0.492 e. The van der Waals surface area contributed by atoms with Gasteiger partial charge in [-0.3, -0.25) is 0 Å². The first-order valence-electron chi connectivity index (χ1n) is 9.61. The van der Waals surface area contributed by atoms with Crippen LogP contribution in [0.3, 0.4) is 0 Å². The molecule has 1 heterocycles. The number of nitrogens with zero attached hydrogens (tertiary/aromatic N) is 2. The lowest BCUT2D eigenvalue weighted by Crippen LogP contribution is -2.44. The molecule has 3 rings (SSSR count). The van der Waals surface area contributed by atoms with Gasteiger partial charge in [0.05, 0.1) is 17.2 Å². The standard InChI is InChI=1S/C21H26ClF3N2O/c1-26-10-12-27(13-11-26)9-2-14-28-20-8-5-17(15-19(20)22)16-3-6-18(7-4-16)21(23,24)25/h3,5-8,15-16H,2,4,9-14H2,1H3. The molecular weight excluding hydrogens is 389 g/mol. The van der Waals surface area contributed by atoms with Crippen LogP contribution in [0.2, 0.25) is 5.02 Å². The lowest BCUT2D eigenvalue weighted by molar-refractivity contribution is -0.0886. The molecule has 0 N–H and O–H groups in total. The van der Waals surface area contributed by atoms with Crippen LogP contribution in [0.4, 0.5) is 13.2 Å². The van der Waals surface area contributed by atoms with Crippen molar-refractivity contribution in [1.29, 1.82) is 0 Å². The van der Waals surface area contributed by atoms with Crippen molar-refractivity contribution in [2.45, 2.75) is 24.9 Å². The molecule has 2 aliphatic rings. The van der Waals surface area contributed by atoms with Crippen LogP contribution < -0.4 is 4.74 Å². The quantitative estimate of drug-likeness (QED) is 0.616. The molecule has 154 valence electrons. The summed E-state index contributed by atoms with van der Waals surface area (Å²) < 4.78 is 43.9. The molecule has 28 heavy (non-hydrogen) atoms. The molecule has 7 heteroatoms. The van der Waals surface area contributed by atoms with Crippen LogP contribution in [0, 0.1) is 0 Å². The molecular formula is C21H26ClF3N2O. The lowest BCUT2D eigenvalue weighted by Gasteiger charge is -2.32. The van der Waals surface area contributed by atoms with E-state index < -0.39 is 11.7 Å².